The first kappa shape index (κ1) is 15.7. The number of carbonyl (C=O) groups is 1. The van der Waals surface area contributed by atoms with Crippen molar-refractivity contribution < 1.29 is 13.2 Å². The minimum absolute atomic E-state index is 0.0332. The summed E-state index contributed by atoms with van der Waals surface area (Å²) in [5.74, 6) is 0.503. The molecule has 116 valence electrons. The smallest absolute Gasteiger partial charge is 0.240 e. The zero-order chi connectivity index (χ0) is 15.3. The van der Waals surface area contributed by atoms with E-state index in [2.05, 4.69) is 20.3 Å². The molecule has 0 radical (unpaired) electrons. The molecule has 1 atom stereocenters. The lowest BCUT2D eigenvalue weighted by atomic mass is 10.2. The molecule has 1 fully saturated rings. The van der Waals surface area contributed by atoms with Gasteiger partial charge in [0.15, 0.2) is 0 Å². The average molecular weight is 312 g/mol. The summed E-state index contributed by atoms with van der Waals surface area (Å²) in [6, 6.07) is 2.82. The van der Waals surface area contributed by atoms with Crippen LogP contribution in [0, 0.1) is 0 Å². The van der Waals surface area contributed by atoms with E-state index in [4.69, 9.17) is 0 Å². The molecular weight excluding hydrogens is 292 g/mol. The van der Waals surface area contributed by atoms with Crippen LogP contribution in [0.3, 0.4) is 0 Å². The molecule has 0 spiro atoms. The van der Waals surface area contributed by atoms with Crippen LogP contribution in [0.4, 0.5) is 5.82 Å². The molecule has 0 aromatic carbocycles. The summed E-state index contributed by atoms with van der Waals surface area (Å²) < 4.78 is 27.0. The molecule has 0 saturated carbocycles. The van der Waals surface area contributed by atoms with Crippen molar-refractivity contribution in [2.75, 3.05) is 18.4 Å². The van der Waals surface area contributed by atoms with Gasteiger partial charge in [-0.2, -0.15) is 0 Å². The predicted octanol–water partition coefficient (Wildman–Crippen LogP) is 0.460. The van der Waals surface area contributed by atoms with E-state index in [1.807, 2.05) is 6.92 Å². The van der Waals surface area contributed by atoms with Crippen molar-refractivity contribution in [3.63, 3.8) is 0 Å². The molecule has 1 aliphatic rings. The lowest BCUT2D eigenvalue weighted by Gasteiger charge is -2.12. The molecule has 1 aromatic rings. The molecule has 21 heavy (non-hydrogen) atoms. The van der Waals surface area contributed by atoms with Crippen LogP contribution < -0.4 is 15.4 Å². The zero-order valence-electron chi connectivity index (χ0n) is 11.9. The number of aromatic nitrogens is 1. The number of nitrogens with one attached hydrogen (secondary N) is 3. The monoisotopic (exact) mass is 312 g/mol. The zero-order valence-corrected chi connectivity index (χ0v) is 12.7. The first-order valence-corrected chi connectivity index (χ1v) is 8.48. The predicted molar refractivity (Wildman–Crippen MR) is 79.4 cm³/mol. The second kappa shape index (κ2) is 6.86. The van der Waals surface area contributed by atoms with Gasteiger partial charge in [-0.05, 0) is 18.9 Å². The van der Waals surface area contributed by atoms with Crippen LogP contribution in [0.25, 0.3) is 0 Å². The molecule has 0 aliphatic carbocycles. The maximum Gasteiger partial charge on any atom is 0.240 e. The molecule has 0 bridgehead atoms. The Morgan fingerprint density at radius 2 is 2.29 bits per heavy atom. The van der Waals surface area contributed by atoms with Crippen LogP contribution in [-0.2, 0) is 14.8 Å². The summed E-state index contributed by atoms with van der Waals surface area (Å²) in [6.45, 7) is 2.96. The molecule has 1 amide bonds. The van der Waals surface area contributed by atoms with Crippen molar-refractivity contribution >= 4 is 21.7 Å². The van der Waals surface area contributed by atoms with Gasteiger partial charge >= 0.3 is 0 Å². The van der Waals surface area contributed by atoms with Crippen LogP contribution in [0.2, 0.25) is 0 Å². The number of pyridine rings is 1. The van der Waals surface area contributed by atoms with Crippen LogP contribution >= 0.6 is 0 Å². The van der Waals surface area contributed by atoms with Gasteiger partial charge in [-0.25, -0.2) is 18.1 Å². The topological polar surface area (TPSA) is 100 Å². The lowest BCUT2D eigenvalue weighted by Crippen LogP contribution is -2.38. The number of rotatable bonds is 7. The fraction of sp³-hybridized carbons (Fsp3) is 0.538. The molecule has 2 rings (SSSR count). The summed E-state index contributed by atoms with van der Waals surface area (Å²) in [7, 11) is -3.59. The highest BCUT2D eigenvalue weighted by Gasteiger charge is 2.23. The molecule has 2 heterocycles. The Bertz CT molecular complexity index is 603. The van der Waals surface area contributed by atoms with Gasteiger partial charge in [0.25, 0.3) is 0 Å². The molecule has 1 unspecified atom stereocenters. The molecule has 8 heteroatoms. The van der Waals surface area contributed by atoms with E-state index in [-0.39, 0.29) is 23.4 Å². The van der Waals surface area contributed by atoms with Crippen molar-refractivity contribution in [1.82, 2.24) is 15.0 Å². The first-order chi connectivity index (χ1) is 10.0. The van der Waals surface area contributed by atoms with Crippen molar-refractivity contribution in [2.24, 2.45) is 0 Å². The van der Waals surface area contributed by atoms with E-state index in [1.165, 1.54) is 18.3 Å². The Balaban J connectivity index is 1.99. The average Bonchev–Trinajstić information content (AvgIpc) is 2.89. The number of sulfonamides is 1. The minimum atomic E-state index is -3.59. The van der Waals surface area contributed by atoms with E-state index < -0.39 is 10.0 Å². The number of anilines is 1. The maximum absolute atomic E-state index is 12.2. The normalized spacial score (nSPS) is 18.5. The van der Waals surface area contributed by atoms with Crippen molar-refractivity contribution in [1.29, 1.82) is 0 Å². The molecule has 1 saturated heterocycles. The van der Waals surface area contributed by atoms with Gasteiger partial charge in [0.1, 0.15) is 5.82 Å². The highest BCUT2D eigenvalue weighted by molar-refractivity contribution is 7.89. The van der Waals surface area contributed by atoms with Gasteiger partial charge in [0, 0.05) is 37.8 Å². The Labute approximate surface area is 124 Å². The van der Waals surface area contributed by atoms with E-state index >= 15 is 0 Å². The van der Waals surface area contributed by atoms with Gasteiger partial charge in [0.2, 0.25) is 15.9 Å². The van der Waals surface area contributed by atoms with E-state index in [9.17, 15) is 13.2 Å². The van der Waals surface area contributed by atoms with Crippen molar-refractivity contribution in [3.05, 3.63) is 18.3 Å². The van der Waals surface area contributed by atoms with E-state index in [0.717, 1.165) is 13.0 Å². The summed E-state index contributed by atoms with van der Waals surface area (Å²) in [5.41, 5.74) is 0. The number of amides is 1. The first-order valence-electron chi connectivity index (χ1n) is 7.00. The molecule has 3 N–H and O–H groups in total. The maximum atomic E-state index is 12.2. The summed E-state index contributed by atoms with van der Waals surface area (Å²) in [4.78, 5) is 15.3. The van der Waals surface area contributed by atoms with Crippen LogP contribution in [0.1, 0.15) is 26.2 Å². The SMILES string of the molecule is CCCNc1cc(S(=O)(=O)NCC2CCC(=O)N2)ccn1. The molecular formula is C13H20N4O3S. The summed E-state index contributed by atoms with van der Waals surface area (Å²) >= 11 is 0. The minimum Gasteiger partial charge on any atom is -0.370 e. The van der Waals surface area contributed by atoms with E-state index in [0.29, 0.717) is 18.7 Å². The standard InChI is InChI=1S/C13H20N4O3S/c1-2-6-14-12-8-11(5-7-15-12)21(19,20)16-9-10-3-4-13(18)17-10/h5,7-8,10,16H,2-4,6,9H2,1H3,(H,14,15)(H,17,18). The van der Waals surface area contributed by atoms with Gasteiger partial charge in [-0.1, -0.05) is 6.92 Å². The third-order valence-electron chi connectivity index (χ3n) is 3.20. The van der Waals surface area contributed by atoms with Gasteiger partial charge in [0.05, 0.1) is 4.90 Å². The van der Waals surface area contributed by atoms with Crippen molar-refractivity contribution in [2.45, 2.75) is 37.1 Å². The highest BCUT2D eigenvalue weighted by atomic mass is 32.2. The third-order valence-corrected chi connectivity index (χ3v) is 4.62. The Hall–Kier alpha value is -1.67. The number of nitrogens with zero attached hydrogens (tertiary/aromatic N) is 1. The largest absolute Gasteiger partial charge is 0.370 e. The Kier molecular flexibility index (Phi) is 5.13. The number of hydrogen-bond donors (Lipinski definition) is 3. The number of carbonyl (C=O) groups excluding carboxylic acids is 1. The summed E-state index contributed by atoms with van der Waals surface area (Å²) in [5, 5.41) is 5.78. The van der Waals surface area contributed by atoms with Gasteiger partial charge in [-0.3, -0.25) is 4.79 Å². The fourth-order valence-corrected chi connectivity index (χ4v) is 3.15. The number of hydrogen-bond acceptors (Lipinski definition) is 5. The third kappa shape index (κ3) is 4.40. The van der Waals surface area contributed by atoms with Crippen LogP contribution in [0.15, 0.2) is 23.2 Å². The Morgan fingerprint density at radius 1 is 1.48 bits per heavy atom. The summed E-state index contributed by atoms with van der Waals surface area (Å²) in [6.07, 6.45) is 3.50. The second-order valence-electron chi connectivity index (χ2n) is 4.96. The lowest BCUT2D eigenvalue weighted by molar-refractivity contribution is -0.119. The molecule has 7 nitrogen and oxygen atoms in total. The van der Waals surface area contributed by atoms with Crippen molar-refractivity contribution in [3.8, 4) is 0 Å². The molecule has 1 aliphatic heterocycles. The van der Waals surface area contributed by atoms with Gasteiger partial charge in [-0.15, -0.1) is 0 Å². The van der Waals surface area contributed by atoms with Crippen LogP contribution in [0.5, 0.6) is 0 Å². The molecule has 1 aromatic heterocycles. The van der Waals surface area contributed by atoms with Gasteiger partial charge < -0.3 is 10.6 Å². The second-order valence-corrected chi connectivity index (χ2v) is 6.73. The Morgan fingerprint density at radius 3 is 2.95 bits per heavy atom. The van der Waals surface area contributed by atoms with E-state index in [1.54, 1.807) is 0 Å². The quantitative estimate of drug-likeness (QED) is 0.679. The highest BCUT2D eigenvalue weighted by Crippen LogP contribution is 2.13. The van der Waals surface area contributed by atoms with Crippen LogP contribution in [-0.4, -0.2) is 38.4 Å². The fourth-order valence-electron chi connectivity index (χ4n) is 2.05.